The third-order valence-electron chi connectivity index (χ3n) is 4.97. The van der Waals surface area contributed by atoms with Gasteiger partial charge in [-0.1, -0.05) is 96.8 Å². The van der Waals surface area contributed by atoms with E-state index in [0.29, 0.717) is 6.42 Å². The second-order valence-corrected chi connectivity index (χ2v) is 9.32. The molecule has 0 aliphatic heterocycles. The molecule has 0 heterocycles. The van der Waals surface area contributed by atoms with Gasteiger partial charge in [-0.2, -0.15) is 8.42 Å². The van der Waals surface area contributed by atoms with Crippen molar-refractivity contribution in [3.8, 4) is 0 Å². The fourth-order valence-electron chi connectivity index (χ4n) is 3.21. The molecule has 0 rings (SSSR count). The number of hydrogen-bond donors (Lipinski definition) is 2. The maximum absolute atomic E-state index is 11.6. The van der Waals surface area contributed by atoms with Gasteiger partial charge in [0, 0.05) is 0 Å². The van der Waals surface area contributed by atoms with Gasteiger partial charge in [-0.25, -0.2) is 0 Å². The Labute approximate surface area is 204 Å². The van der Waals surface area contributed by atoms with Gasteiger partial charge in [0.2, 0.25) is 0 Å². The standard InChI is InChI=1S/C21H40O7S.Na.H/c1-2-3-4-5-6-7-8-9-10-11-12-13-14-15-16-17-28-21(24)19(18-20(22)23)29(25,26)27;;/h19H,2-18H2,1H3,(H,22,23)(H,25,26,27);;. The fourth-order valence-corrected chi connectivity index (χ4v) is 3.87. The molecule has 2 N–H and O–H groups in total. The molecule has 0 aromatic rings. The van der Waals surface area contributed by atoms with Gasteiger partial charge in [-0.15, -0.1) is 0 Å². The molecular weight excluding hydrogens is 419 g/mol. The Bertz CT molecular complexity index is 537. The van der Waals surface area contributed by atoms with E-state index in [9.17, 15) is 18.0 Å². The zero-order valence-corrected chi connectivity index (χ0v) is 18.8. The molecule has 0 bridgehead atoms. The van der Waals surface area contributed by atoms with Crippen molar-refractivity contribution in [2.45, 2.75) is 115 Å². The summed E-state index contributed by atoms with van der Waals surface area (Å²) in [6.07, 6.45) is 17.1. The summed E-state index contributed by atoms with van der Waals surface area (Å²) in [6.45, 7) is 2.27. The molecule has 0 aliphatic carbocycles. The second kappa shape index (κ2) is 20.7. The van der Waals surface area contributed by atoms with E-state index < -0.39 is 33.7 Å². The molecule has 0 saturated carbocycles. The van der Waals surface area contributed by atoms with Crippen LogP contribution in [-0.4, -0.2) is 71.4 Å². The third-order valence-corrected chi connectivity index (χ3v) is 6.05. The SMILES string of the molecule is CCCCCCCCCCCCCCCCCOC(=O)C(CC(=O)O)S(=O)(=O)O.[NaH]. The van der Waals surface area contributed by atoms with E-state index in [1.54, 1.807) is 0 Å². The van der Waals surface area contributed by atoms with E-state index in [-0.39, 0.29) is 36.2 Å². The number of unbranched alkanes of at least 4 members (excludes halogenated alkanes) is 14. The van der Waals surface area contributed by atoms with Crippen molar-refractivity contribution >= 4 is 51.6 Å². The second-order valence-electron chi connectivity index (χ2n) is 7.72. The first-order chi connectivity index (χ1) is 13.8. The summed E-state index contributed by atoms with van der Waals surface area (Å²) in [5.74, 6) is -2.70. The minimum atomic E-state index is -4.79. The molecule has 9 heteroatoms. The van der Waals surface area contributed by atoms with Crippen LogP contribution in [0.2, 0.25) is 0 Å². The van der Waals surface area contributed by atoms with E-state index in [4.69, 9.17) is 14.4 Å². The Morgan fingerprint density at radius 1 is 0.767 bits per heavy atom. The molecule has 0 amide bonds. The van der Waals surface area contributed by atoms with Crippen LogP contribution in [0.15, 0.2) is 0 Å². The first-order valence-electron chi connectivity index (χ1n) is 11.1. The summed E-state index contributed by atoms with van der Waals surface area (Å²) >= 11 is 0. The van der Waals surface area contributed by atoms with Crippen LogP contribution < -0.4 is 0 Å². The molecule has 0 aliphatic rings. The topological polar surface area (TPSA) is 118 Å². The molecular formula is C21H41NaO7S. The third kappa shape index (κ3) is 19.8. The van der Waals surface area contributed by atoms with Crippen LogP contribution in [0.3, 0.4) is 0 Å². The summed E-state index contributed by atoms with van der Waals surface area (Å²) < 4.78 is 35.9. The average Bonchev–Trinajstić information content (AvgIpc) is 2.64. The quantitative estimate of drug-likeness (QED) is 0.119. The Hall–Kier alpha value is -0.150. The Morgan fingerprint density at radius 3 is 1.47 bits per heavy atom. The summed E-state index contributed by atoms with van der Waals surface area (Å²) in [4.78, 5) is 22.2. The molecule has 0 aromatic carbocycles. The van der Waals surface area contributed by atoms with E-state index in [0.717, 1.165) is 19.3 Å². The normalized spacial score (nSPS) is 12.2. The van der Waals surface area contributed by atoms with Crippen LogP contribution in [0.5, 0.6) is 0 Å². The molecule has 30 heavy (non-hydrogen) atoms. The first kappa shape index (κ1) is 32.0. The van der Waals surface area contributed by atoms with Gasteiger partial charge in [-0.05, 0) is 6.42 Å². The van der Waals surface area contributed by atoms with Crippen molar-refractivity contribution < 1.29 is 32.4 Å². The molecule has 0 radical (unpaired) electrons. The Kier molecular flexibility index (Phi) is 22.1. The average molecular weight is 461 g/mol. The number of aliphatic carboxylic acids is 1. The molecule has 7 nitrogen and oxygen atoms in total. The monoisotopic (exact) mass is 460 g/mol. The number of esters is 1. The summed E-state index contributed by atoms with van der Waals surface area (Å²) in [6, 6.07) is 0. The van der Waals surface area contributed by atoms with Gasteiger partial charge in [0.1, 0.15) is 0 Å². The van der Waals surface area contributed by atoms with Gasteiger partial charge in [-0.3, -0.25) is 14.1 Å². The van der Waals surface area contributed by atoms with E-state index >= 15 is 0 Å². The number of carboxylic acid groups (broad SMARTS) is 1. The molecule has 1 atom stereocenters. The predicted molar refractivity (Wildman–Crippen MR) is 121 cm³/mol. The van der Waals surface area contributed by atoms with Crippen molar-refractivity contribution in [3.63, 3.8) is 0 Å². The molecule has 174 valence electrons. The van der Waals surface area contributed by atoms with Crippen LogP contribution in [0.25, 0.3) is 0 Å². The van der Waals surface area contributed by atoms with Gasteiger partial charge >= 0.3 is 41.5 Å². The molecule has 0 saturated heterocycles. The van der Waals surface area contributed by atoms with Crippen LogP contribution >= 0.6 is 0 Å². The van der Waals surface area contributed by atoms with Gasteiger partial charge < -0.3 is 9.84 Å². The maximum atomic E-state index is 11.6. The molecule has 1 unspecified atom stereocenters. The number of carboxylic acids is 1. The number of carbonyl (C=O) groups excluding carboxylic acids is 1. The zero-order valence-electron chi connectivity index (χ0n) is 17.9. The summed E-state index contributed by atoms with van der Waals surface area (Å²) in [7, 11) is -4.79. The molecule has 0 aromatic heterocycles. The van der Waals surface area contributed by atoms with Gasteiger partial charge in [0.05, 0.1) is 13.0 Å². The van der Waals surface area contributed by atoms with Crippen LogP contribution in [0.4, 0.5) is 0 Å². The van der Waals surface area contributed by atoms with E-state index in [1.165, 1.54) is 70.6 Å². The Morgan fingerprint density at radius 2 is 1.13 bits per heavy atom. The minimum absolute atomic E-state index is 0. The summed E-state index contributed by atoms with van der Waals surface area (Å²) in [5, 5.41) is 6.57. The van der Waals surface area contributed by atoms with Crippen molar-refractivity contribution in [2.24, 2.45) is 0 Å². The molecule has 0 fully saturated rings. The van der Waals surface area contributed by atoms with Crippen molar-refractivity contribution in [1.29, 1.82) is 0 Å². The van der Waals surface area contributed by atoms with Gasteiger partial charge in [0.25, 0.3) is 10.1 Å². The van der Waals surface area contributed by atoms with Crippen LogP contribution in [0.1, 0.15) is 110 Å². The Balaban J connectivity index is 0. The number of rotatable bonds is 20. The van der Waals surface area contributed by atoms with Gasteiger partial charge in [0.15, 0.2) is 5.25 Å². The van der Waals surface area contributed by atoms with Crippen molar-refractivity contribution in [1.82, 2.24) is 0 Å². The predicted octanol–water partition coefficient (Wildman–Crippen LogP) is 4.48. The number of ether oxygens (including phenoxy) is 1. The fraction of sp³-hybridized carbons (Fsp3) is 0.905. The van der Waals surface area contributed by atoms with Crippen LogP contribution in [-0.2, 0) is 24.4 Å². The van der Waals surface area contributed by atoms with E-state index in [2.05, 4.69) is 6.92 Å². The van der Waals surface area contributed by atoms with Crippen molar-refractivity contribution in [3.05, 3.63) is 0 Å². The van der Waals surface area contributed by atoms with Crippen LogP contribution in [0, 0.1) is 0 Å². The van der Waals surface area contributed by atoms with E-state index in [1.807, 2.05) is 0 Å². The zero-order chi connectivity index (χ0) is 22.0. The molecule has 0 spiro atoms. The number of hydrogen-bond acceptors (Lipinski definition) is 5. The first-order valence-corrected chi connectivity index (χ1v) is 12.6. The number of carbonyl (C=O) groups is 2. The summed E-state index contributed by atoms with van der Waals surface area (Å²) in [5.41, 5.74) is 0. The van der Waals surface area contributed by atoms with Crippen molar-refractivity contribution in [2.75, 3.05) is 6.61 Å².